The van der Waals surface area contributed by atoms with E-state index >= 15 is 0 Å². The summed E-state index contributed by atoms with van der Waals surface area (Å²) in [4.78, 5) is 0. The predicted molar refractivity (Wildman–Crippen MR) is 73.8 cm³/mol. The molecule has 1 aliphatic heterocycles. The Morgan fingerprint density at radius 3 is 2.78 bits per heavy atom. The van der Waals surface area contributed by atoms with Crippen LogP contribution in [0.25, 0.3) is 0 Å². The van der Waals surface area contributed by atoms with E-state index in [4.69, 9.17) is 0 Å². The first kappa shape index (κ1) is 12.2. The van der Waals surface area contributed by atoms with Crippen molar-refractivity contribution in [2.24, 2.45) is 7.05 Å². The number of hydrogen-bond donors (Lipinski definition) is 1. The summed E-state index contributed by atoms with van der Waals surface area (Å²) in [6.07, 6.45) is 12.9. The molecule has 1 N–H and O–H groups in total. The maximum absolute atomic E-state index is 4.52. The fraction of sp³-hybridized carbons (Fsp3) is 0.800. The van der Waals surface area contributed by atoms with Gasteiger partial charge < -0.3 is 5.32 Å². The molecular weight excluding hydrogens is 222 g/mol. The van der Waals surface area contributed by atoms with Crippen LogP contribution in [-0.4, -0.2) is 22.4 Å². The first-order chi connectivity index (χ1) is 8.84. The zero-order chi connectivity index (χ0) is 12.4. The Bertz CT molecular complexity index is 384. The van der Waals surface area contributed by atoms with Gasteiger partial charge in [-0.15, -0.1) is 0 Å². The van der Waals surface area contributed by atoms with E-state index < -0.39 is 0 Å². The van der Waals surface area contributed by atoms with Crippen LogP contribution in [0.1, 0.15) is 62.1 Å². The number of nitrogens with one attached hydrogen (secondary N) is 1. The summed E-state index contributed by atoms with van der Waals surface area (Å²) in [6, 6.07) is 0.683. The van der Waals surface area contributed by atoms with Gasteiger partial charge in [0.1, 0.15) is 0 Å². The summed E-state index contributed by atoms with van der Waals surface area (Å²) in [5, 5.41) is 8.13. The van der Waals surface area contributed by atoms with Gasteiger partial charge in [-0.3, -0.25) is 4.68 Å². The average molecular weight is 247 g/mol. The van der Waals surface area contributed by atoms with Gasteiger partial charge in [-0.05, 0) is 43.7 Å². The van der Waals surface area contributed by atoms with Crippen molar-refractivity contribution in [3.63, 3.8) is 0 Å². The maximum Gasteiger partial charge on any atom is 0.0527 e. The third-order valence-electron chi connectivity index (χ3n) is 4.74. The van der Waals surface area contributed by atoms with Crippen LogP contribution in [0, 0.1) is 0 Å². The molecule has 1 aromatic heterocycles. The number of nitrogens with zero attached hydrogens (tertiary/aromatic N) is 2. The highest BCUT2D eigenvalue weighted by molar-refractivity contribution is 5.24. The summed E-state index contributed by atoms with van der Waals surface area (Å²) in [5.41, 5.74) is 3.03. The van der Waals surface area contributed by atoms with E-state index in [1.807, 2.05) is 0 Å². The molecule has 100 valence electrons. The van der Waals surface area contributed by atoms with Gasteiger partial charge in [0, 0.05) is 25.2 Å². The van der Waals surface area contributed by atoms with Gasteiger partial charge in [0.25, 0.3) is 0 Å². The van der Waals surface area contributed by atoms with Crippen LogP contribution in [0.5, 0.6) is 0 Å². The Labute approximate surface area is 110 Å². The molecule has 3 nitrogen and oxygen atoms in total. The highest BCUT2D eigenvalue weighted by Crippen LogP contribution is 2.34. The topological polar surface area (TPSA) is 29.9 Å². The number of aryl methyl sites for hydroxylation is 1. The van der Waals surface area contributed by atoms with Crippen molar-refractivity contribution in [3.8, 4) is 0 Å². The van der Waals surface area contributed by atoms with Crippen molar-refractivity contribution >= 4 is 0 Å². The predicted octanol–water partition coefficient (Wildman–Crippen LogP) is 2.76. The van der Waals surface area contributed by atoms with Crippen molar-refractivity contribution in [2.75, 3.05) is 6.54 Å². The van der Waals surface area contributed by atoms with Crippen LogP contribution in [0.4, 0.5) is 0 Å². The van der Waals surface area contributed by atoms with E-state index in [1.54, 1.807) is 5.56 Å². The highest BCUT2D eigenvalue weighted by atomic mass is 15.3. The molecule has 3 rings (SSSR count). The standard InChI is InChI=1S/C15H25N3/c1-18-15(10-13-8-5-9-16-13)14(11-17-18)12-6-3-2-4-7-12/h11-13,16H,2-10H2,1H3. The Morgan fingerprint density at radius 2 is 2.06 bits per heavy atom. The molecule has 18 heavy (non-hydrogen) atoms. The summed E-state index contributed by atoms with van der Waals surface area (Å²) in [5.74, 6) is 0.781. The Kier molecular flexibility index (Phi) is 3.69. The highest BCUT2D eigenvalue weighted by Gasteiger charge is 2.24. The molecular formula is C15H25N3. The number of rotatable bonds is 3. The molecule has 0 radical (unpaired) electrons. The quantitative estimate of drug-likeness (QED) is 0.890. The van der Waals surface area contributed by atoms with Gasteiger partial charge in [-0.25, -0.2) is 0 Å². The third kappa shape index (κ3) is 2.46. The Balaban J connectivity index is 1.76. The van der Waals surface area contributed by atoms with E-state index in [0.29, 0.717) is 6.04 Å². The first-order valence-corrected chi connectivity index (χ1v) is 7.59. The number of aromatic nitrogens is 2. The van der Waals surface area contributed by atoms with Gasteiger partial charge in [-0.1, -0.05) is 19.3 Å². The molecule has 1 unspecified atom stereocenters. The minimum absolute atomic E-state index is 0.683. The van der Waals surface area contributed by atoms with Crippen molar-refractivity contribution in [3.05, 3.63) is 17.5 Å². The average Bonchev–Trinajstić information content (AvgIpc) is 3.03. The van der Waals surface area contributed by atoms with Gasteiger partial charge in [0.2, 0.25) is 0 Å². The van der Waals surface area contributed by atoms with E-state index in [1.165, 1.54) is 63.6 Å². The molecule has 2 heterocycles. The van der Waals surface area contributed by atoms with Crippen LogP contribution in [-0.2, 0) is 13.5 Å². The molecule has 3 heteroatoms. The lowest BCUT2D eigenvalue weighted by atomic mass is 9.83. The molecule has 1 aromatic rings. The normalized spacial score (nSPS) is 25.7. The van der Waals surface area contributed by atoms with Gasteiger partial charge in [0.15, 0.2) is 0 Å². The fourth-order valence-corrected chi connectivity index (χ4v) is 3.65. The first-order valence-electron chi connectivity index (χ1n) is 7.59. The van der Waals surface area contributed by atoms with Crippen molar-refractivity contribution in [1.82, 2.24) is 15.1 Å². The largest absolute Gasteiger partial charge is 0.314 e. The lowest BCUT2D eigenvalue weighted by Crippen LogP contribution is -2.25. The molecule has 1 aliphatic carbocycles. The molecule has 1 saturated carbocycles. The van der Waals surface area contributed by atoms with Crippen molar-refractivity contribution in [2.45, 2.75) is 63.3 Å². The Hall–Kier alpha value is -0.830. The molecule has 0 bridgehead atoms. The third-order valence-corrected chi connectivity index (χ3v) is 4.74. The van der Waals surface area contributed by atoms with Crippen LogP contribution in [0.2, 0.25) is 0 Å². The lowest BCUT2D eigenvalue weighted by Gasteiger charge is -2.23. The van der Waals surface area contributed by atoms with E-state index in [-0.39, 0.29) is 0 Å². The molecule has 1 saturated heterocycles. The second-order valence-electron chi connectivity index (χ2n) is 6.00. The summed E-state index contributed by atoms with van der Waals surface area (Å²) >= 11 is 0. The molecule has 2 fully saturated rings. The lowest BCUT2D eigenvalue weighted by molar-refractivity contribution is 0.439. The zero-order valence-corrected chi connectivity index (χ0v) is 11.5. The minimum Gasteiger partial charge on any atom is -0.314 e. The molecule has 1 atom stereocenters. The van der Waals surface area contributed by atoms with Crippen LogP contribution < -0.4 is 5.32 Å². The van der Waals surface area contributed by atoms with Crippen molar-refractivity contribution < 1.29 is 0 Å². The van der Waals surface area contributed by atoms with Crippen LogP contribution in [0.3, 0.4) is 0 Å². The molecule has 0 aromatic carbocycles. The summed E-state index contributed by atoms with van der Waals surface area (Å²) in [6.45, 7) is 1.20. The zero-order valence-electron chi connectivity index (χ0n) is 11.5. The fourth-order valence-electron chi connectivity index (χ4n) is 3.65. The minimum atomic E-state index is 0.683. The molecule has 0 spiro atoms. The Morgan fingerprint density at radius 1 is 1.22 bits per heavy atom. The summed E-state index contributed by atoms with van der Waals surface area (Å²) in [7, 11) is 2.11. The smallest absolute Gasteiger partial charge is 0.0527 e. The van der Waals surface area contributed by atoms with Crippen LogP contribution in [0.15, 0.2) is 6.20 Å². The molecule has 0 amide bonds. The van der Waals surface area contributed by atoms with Gasteiger partial charge in [0.05, 0.1) is 6.20 Å². The van der Waals surface area contributed by atoms with Crippen molar-refractivity contribution in [1.29, 1.82) is 0 Å². The summed E-state index contributed by atoms with van der Waals surface area (Å²) < 4.78 is 2.12. The monoisotopic (exact) mass is 247 g/mol. The SMILES string of the molecule is Cn1ncc(C2CCCCC2)c1CC1CCCN1. The van der Waals surface area contributed by atoms with Gasteiger partial charge >= 0.3 is 0 Å². The number of hydrogen-bond acceptors (Lipinski definition) is 2. The second-order valence-corrected chi connectivity index (χ2v) is 6.00. The second kappa shape index (κ2) is 5.43. The maximum atomic E-state index is 4.52. The molecule has 2 aliphatic rings. The van der Waals surface area contributed by atoms with E-state index in [0.717, 1.165) is 5.92 Å². The van der Waals surface area contributed by atoms with E-state index in [2.05, 4.69) is 28.3 Å². The van der Waals surface area contributed by atoms with E-state index in [9.17, 15) is 0 Å². The van der Waals surface area contributed by atoms with Gasteiger partial charge in [-0.2, -0.15) is 5.10 Å². The van der Waals surface area contributed by atoms with Crippen LogP contribution >= 0.6 is 0 Å².